The van der Waals surface area contributed by atoms with Crippen molar-refractivity contribution in [3.63, 3.8) is 0 Å². The van der Waals surface area contributed by atoms with Gasteiger partial charge in [-0.25, -0.2) is 0 Å². The molecular formula is C8H19NO. The van der Waals surface area contributed by atoms with E-state index in [4.69, 9.17) is 0 Å². The zero-order chi connectivity index (χ0) is 8.36. The Morgan fingerprint density at radius 1 is 1.30 bits per heavy atom. The van der Waals surface area contributed by atoms with Gasteiger partial charge in [0.1, 0.15) is 6.23 Å². The van der Waals surface area contributed by atoms with E-state index in [1.807, 2.05) is 19.0 Å². The minimum Gasteiger partial charge on any atom is -0.378 e. The highest BCUT2D eigenvalue weighted by Gasteiger charge is 2.17. The second-order valence-electron chi connectivity index (χ2n) is 4.21. The normalized spacial score (nSPS) is 15.9. The van der Waals surface area contributed by atoms with Crippen molar-refractivity contribution in [2.75, 3.05) is 14.1 Å². The molecule has 0 fully saturated rings. The molecular weight excluding hydrogens is 126 g/mol. The molecule has 0 bridgehead atoms. The van der Waals surface area contributed by atoms with Crippen LogP contribution in [0.15, 0.2) is 0 Å². The fraction of sp³-hybridized carbons (Fsp3) is 1.00. The van der Waals surface area contributed by atoms with E-state index in [1.54, 1.807) is 0 Å². The second kappa shape index (κ2) is 3.35. The van der Waals surface area contributed by atoms with Crippen LogP contribution in [0.2, 0.25) is 0 Å². The first-order valence-electron chi connectivity index (χ1n) is 3.67. The molecule has 0 aromatic heterocycles. The summed E-state index contributed by atoms with van der Waals surface area (Å²) in [7, 11) is 3.77. The molecule has 0 aromatic carbocycles. The first-order chi connectivity index (χ1) is 4.33. The van der Waals surface area contributed by atoms with Gasteiger partial charge in [-0.2, -0.15) is 0 Å². The van der Waals surface area contributed by atoms with Gasteiger partial charge in [0.15, 0.2) is 0 Å². The Morgan fingerprint density at radius 3 is 1.80 bits per heavy atom. The zero-order valence-electron chi connectivity index (χ0n) is 7.68. The maximum absolute atomic E-state index is 9.39. The molecule has 0 rings (SSSR count). The maximum atomic E-state index is 9.39. The highest BCUT2D eigenvalue weighted by Crippen LogP contribution is 2.20. The number of hydrogen-bond acceptors (Lipinski definition) is 2. The fourth-order valence-corrected chi connectivity index (χ4v) is 0.730. The van der Waals surface area contributed by atoms with E-state index in [-0.39, 0.29) is 11.6 Å². The van der Waals surface area contributed by atoms with Gasteiger partial charge in [-0.3, -0.25) is 4.90 Å². The molecule has 1 N–H and O–H groups in total. The molecule has 0 aliphatic rings. The SMILES string of the molecule is CN(C)C(O)CC(C)(C)C. The topological polar surface area (TPSA) is 23.5 Å². The summed E-state index contributed by atoms with van der Waals surface area (Å²) in [5, 5.41) is 9.39. The Bertz CT molecular complexity index is 93.9. The third-order valence-corrected chi connectivity index (χ3v) is 1.39. The Morgan fingerprint density at radius 2 is 1.70 bits per heavy atom. The molecule has 1 atom stereocenters. The average molecular weight is 145 g/mol. The molecule has 2 nitrogen and oxygen atoms in total. The molecule has 0 saturated carbocycles. The van der Waals surface area contributed by atoms with Crippen LogP contribution < -0.4 is 0 Å². The lowest BCUT2D eigenvalue weighted by Crippen LogP contribution is -2.31. The van der Waals surface area contributed by atoms with E-state index in [2.05, 4.69) is 20.8 Å². The second-order valence-corrected chi connectivity index (χ2v) is 4.21. The van der Waals surface area contributed by atoms with E-state index in [1.165, 1.54) is 0 Å². The Labute approximate surface area is 63.8 Å². The largest absolute Gasteiger partial charge is 0.378 e. The van der Waals surface area contributed by atoms with Gasteiger partial charge in [-0.15, -0.1) is 0 Å². The van der Waals surface area contributed by atoms with Crippen LogP contribution in [0.4, 0.5) is 0 Å². The number of rotatable bonds is 2. The fourth-order valence-electron chi connectivity index (χ4n) is 0.730. The van der Waals surface area contributed by atoms with Gasteiger partial charge >= 0.3 is 0 Å². The quantitative estimate of drug-likeness (QED) is 0.592. The van der Waals surface area contributed by atoms with Crippen LogP contribution in [0, 0.1) is 5.41 Å². The van der Waals surface area contributed by atoms with Crippen LogP contribution in [-0.4, -0.2) is 30.3 Å². The van der Waals surface area contributed by atoms with Gasteiger partial charge in [0, 0.05) is 0 Å². The molecule has 62 valence electrons. The predicted octanol–water partition coefficient (Wildman–Crippen LogP) is 1.30. The molecule has 2 heteroatoms. The van der Waals surface area contributed by atoms with Crippen LogP contribution in [-0.2, 0) is 0 Å². The van der Waals surface area contributed by atoms with E-state index in [0.29, 0.717) is 0 Å². The van der Waals surface area contributed by atoms with Crippen molar-refractivity contribution in [2.24, 2.45) is 5.41 Å². The van der Waals surface area contributed by atoms with Crippen molar-refractivity contribution in [2.45, 2.75) is 33.4 Å². The Hall–Kier alpha value is -0.0800. The molecule has 0 radical (unpaired) electrons. The minimum atomic E-state index is -0.306. The number of hydrogen-bond donors (Lipinski definition) is 1. The smallest absolute Gasteiger partial charge is 0.107 e. The molecule has 0 aliphatic carbocycles. The van der Waals surface area contributed by atoms with Crippen molar-refractivity contribution in [1.29, 1.82) is 0 Å². The molecule has 0 amide bonds. The van der Waals surface area contributed by atoms with Crippen molar-refractivity contribution >= 4 is 0 Å². The monoisotopic (exact) mass is 145 g/mol. The first kappa shape index (κ1) is 9.92. The average Bonchev–Trinajstić information content (AvgIpc) is 1.60. The van der Waals surface area contributed by atoms with Crippen molar-refractivity contribution < 1.29 is 5.11 Å². The molecule has 0 saturated heterocycles. The van der Waals surface area contributed by atoms with Gasteiger partial charge in [-0.1, -0.05) is 20.8 Å². The van der Waals surface area contributed by atoms with E-state index in [0.717, 1.165) is 6.42 Å². The summed E-state index contributed by atoms with van der Waals surface area (Å²) in [5.74, 6) is 0. The van der Waals surface area contributed by atoms with Gasteiger partial charge in [-0.05, 0) is 25.9 Å². The van der Waals surface area contributed by atoms with Crippen LogP contribution in [0.1, 0.15) is 27.2 Å². The predicted molar refractivity (Wildman–Crippen MR) is 43.8 cm³/mol. The molecule has 0 heterocycles. The molecule has 10 heavy (non-hydrogen) atoms. The zero-order valence-corrected chi connectivity index (χ0v) is 7.68. The van der Waals surface area contributed by atoms with Crippen LogP contribution in [0.5, 0.6) is 0 Å². The van der Waals surface area contributed by atoms with Crippen LogP contribution in [0.25, 0.3) is 0 Å². The van der Waals surface area contributed by atoms with Gasteiger partial charge < -0.3 is 5.11 Å². The Kier molecular flexibility index (Phi) is 3.33. The highest BCUT2D eigenvalue weighted by atomic mass is 16.3. The van der Waals surface area contributed by atoms with Crippen molar-refractivity contribution in [1.82, 2.24) is 4.90 Å². The van der Waals surface area contributed by atoms with Gasteiger partial charge in [0.05, 0.1) is 0 Å². The van der Waals surface area contributed by atoms with E-state index >= 15 is 0 Å². The summed E-state index contributed by atoms with van der Waals surface area (Å²) >= 11 is 0. The summed E-state index contributed by atoms with van der Waals surface area (Å²) in [4.78, 5) is 1.82. The molecule has 0 aliphatic heterocycles. The van der Waals surface area contributed by atoms with Crippen molar-refractivity contribution in [3.05, 3.63) is 0 Å². The summed E-state index contributed by atoms with van der Waals surface area (Å²) in [5.41, 5.74) is 0.212. The number of aliphatic hydroxyl groups excluding tert-OH is 1. The number of nitrogens with zero attached hydrogens (tertiary/aromatic N) is 1. The minimum absolute atomic E-state index is 0.212. The summed E-state index contributed by atoms with van der Waals surface area (Å²) in [6.07, 6.45) is 0.514. The third kappa shape index (κ3) is 4.77. The lowest BCUT2D eigenvalue weighted by molar-refractivity contribution is 0.00770. The standard InChI is InChI=1S/C8H19NO/c1-8(2,3)6-7(10)9(4)5/h7,10H,6H2,1-5H3. The summed E-state index contributed by atoms with van der Waals surface area (Å²) in [6.45, 7) is 6.37. The third-order valence-electron chi connectivity index (χ3n) is 1.39. The lowest BCUT2D eigenvalue weighted by Gasteiger charge is -2.26. The van der Waals surface area contributed by atoms with E-state index in [9.17, 15) is 5.11 Å². The molecule has 0 spiro atoms. The first-order valence-corrected chi connectivity index (χ1v) is 3.67. The van der Waals surface area contributed by atoms with E-state index < -0.39 is 0 Å². The Balaban J connectivity index is 3.68. The maximum Gasteiger partial charge on any atom is 0.107 e. The van der Waals surface area contributed by atoms with Crippen molar-refractivity contribution in [3.8, 4) is 0 Å². The molecule has 1 unspecified atom stereocenters. The summed E-state index contributed by atoms with van der Waals surface area (Å²) < 4.78 is 0. The number of aliphatic hydroxyl groups is 1. The van der Waals surface area contributed by atoms with Gasteiger partial charge in [0.2, 0.25) is 0 Å². The molecule has 0 aromatic rings. The van der Waals surface area contributed by atoms with Crippen LogP contribution >= 0.6 is 0 Å². The lowest BCUT2D eigenvalue weighted by atomic mass is 9.91. The highest BCUT2D eigenvalue weighted by molar-refractivity contribution is 4.65. The van der Waals surface area contributed by atoms with Crippen LogP contribution in [0.3, 0.4) is 0 Å². The summed E-state index contributed by atoms with van der Waals surface area (Å²) in [6, 6.07) is 0. The van der Waals surface area contributed by atoms with Gasteiger partial charge in [0.25, 0.3) is 0 Å².